The summed E-state index contributed by atoms with van der Waals surface area (Å²) in [5.41, 5.74) is 0.0966. The molecule has 1 aromatic rings. The summed E-state index contributed by atoms with van der Waals surface area (Å²) in [6.07, 6.45) is 2.55. The van der Waals surface area contributed by atoms with E-state index < -0.39 is 0 Å². The van der Waals surface area contributed by atoms with Gasteiger partial charge >= 0.3 is 6.03 Å². The van der Waals surface area contributed by atoms with E-state index in [0.29, 0.717) is 31.4 Å². The van der Waals surface area contributed by atoms with E-state index in [1.165, 1.54) is 4.57 Å². The molecule has 0 radical (unpaired) electrons. The molecule has 0 unspecified atom stereocenters. The fourth-order valence-corrected chi connectivity index (χ4v) is 2.54. The van der Waals surface area contributed by atoms with Gasteiger partial charge in [0, 0.05) is 19.8 Å². The Balaban J connectivity index is 2.10. The monoisotopic (exact) mass is 293 g/mol. The highest BCUT2D eigenvalue weighted by Crippen LogP contribution is 2.16. The van der Waals surface area contributed by atoms with E-state index in [1.54, 1.807) is 30.3 Å². The predicted octanol–water partition coefficient (Wildman–Crippen LogP) is 1.66. The lowest BCUT2D eigenvalue weighted by Gasteiger charge is -2.36. The number of pyridine rings is 1. The number of morpholine rings is 1. The Morgan fingerprint density at radius 3 is 3.00 bits per heavy atom. The molecule has 116 valence electrons. The van der Waals surface area contributed by atoms with E-state index in [2.05, 4.69) is 19.2 Å². The second kappa shape index (κ2) is 6.76. The van der Waals surface area contributed by atoms with Gasteiger partial charge in [-0.1, -0.05) is 13.8 Å². The van der Waals surface area contributed by atoms with Gasteiger partial charge in [0.05, 0.1) is 19.3 Å². The third-order valence-corrected chi connectivity index (χ3v) is 3.60. The van der Waals surface area contributed by atoms with Crippen molar-refractivity contribution in [3.63, 3.8) is 0 Å². The van der Waals surface area contributed by atoms with Crippen molar-refractivity contribution >= 4 is 11.7 Å². The molecule has 1 aliphatic rings. The van der Waals surface area contributed by atoms with Crippen LogP contribution in [0.5, 0.6) is 0 Å². The molecule has 1 saturated heterocycles. The average molecular weight is 293 g/mol. The Hall–Kier alpha value is -1.82. The van der Waals surface area contributed by atoms with Crippen LogP contribution < -0.4 is 10.9 Å². The highest BCUT2D eigenvalue weighted by atomic mass is 16.5. The summed E-state index contributed by atoms with van der Waals surface area (Å²) in [5, 5.41) is 2.72. The van der Waals surface area contributed by atoms with Crippen LogP contribution in [0.25, 0.3) is 0 Å². The standard InChI is InChI=1S/C15H23N3O3/c1-11(2)9-12-10-21-8-7-18(12)15(20)16-13-5-4-6-17(3)14(13)19/h4-6,11-12H,7-10H2,1-3H3,(H,16,20)/t12-/m0/s1. The molecule has 2 amide bonds. The zero-order valence-electron chi connectivity index (χ0n) is 12.8. The Morgan fingerprint density at radius 2 is 2.29 bits per heavy atom. The Morgan fingerprint density at radius 1 is 1.52 bits per heavy atom. The summed E-state index contributed by atoms with van der Waals surface area (Å²) in [7, 11) is 1.66. The first kappa shape index (κ1) is 15.6. The SMILES string of the molecule is CC(C)C[C@H]1COCCN1C(=O)Nc1cccn(C)c1=O. The summed E-state index contributed by atoms with van der Waals surface area (Å²) in [4.78, 5) is 26.2. The maximum Gasteiger partial charge on any atom is 0.322 e. The maximum absolute atomic E-state index is 12.4. The van der Waals surface area contributed by atoms with Gasteiger partial charge in [-0.05, 0) is 24.5 Å². The number of aryl methyl sites for hydroxylation is 1. The fraction of sp³-hybridized carbons (Fsp3) is 0.600. The molecule has 6 heteroatoms. The van der Waals surface area contributed by atoms with Crippen LogP contribution in [-0.2, 0) is 11.8 Å². The van der Waals surface area contributed by atoms with Crippen molar-refractivity contribution in [3.05, 3.63) is 28.7 Å². The number of urea groups is 1. The molecule has 1 atom stereocenters. The van der Waals surface area contributed by atoms with E-state index in [0.717, 1.165) is 6.42 Å². The van der Waals surface area contributed by atoms with Gasteiger partial charge in [0.25, 0.3) is 5.56 Å². The first-order valence-corrected chi connectivity index (χ1v) is 7.30. The lowest BCUT2D eigenvalue weighted by Crippen LogP contribution is -2.51. The van der Waals surface area contributed by atoms with Gasteiger partial charge in [-0.25, -0.2) is 4.79 Å². The summed E-state index contributed by atoms with van der Waals surface area (Å²) >= 11 is 0. The van der Waals surface area contributed by atoms with E-state index in [-0.39, 0.29) is 17.6 Å². The minimum atomic E-state index is -0.229. The van der Waals surface area contributed by atoms with Crippen molar-refractivity contribution in [2.24, 2.45) is 13.0 Å². The van der Waals surface area contributed by atoms with Gasteiger partial charge in [-0.15, -0.1) is 0 Å². The van der Waals surface area contributed by atoms with Crippen LogP contribution in [0, 0.1) is 5.92 Å². The van der Waals surface area contributed by atoms with Crippen molar-refractivity contribution in [2.45, 2.75) is 26.3 Å². The summed E-state index contributed by atoms with van der Waals surface area (Å²) in [6.45, 7) is 5.89. The molecular weight excluding hydrogens is 270 g/mol. The third kappa shape index (κ3) is 3.85. The van der Waals surface area contributed by atoms with Gasteiger partial charge in [0.15, 0.2) is 0 Å². The highest BCUT2D eigenvalue weighted by Gasteiger charge is 2.28. The van der Waals surface area contributed by atoms with Crippen LogP contribution >= 0.6 is 0 Å². The smallest absolute Gasteiger partial charge is 0.322 e. The number of carbonyl (C=O) groups is 1. The number of nitrogens with zero attached hydrogens (tertiary/aromatic N) is 2. The van der Waals surface area contributed by atoms with Crippen LogP contribution in [0.2, 0.25) is 0 Å². The van der Waals surface area contributed by atoms with Crippen LogP contribution in [-0.4, -0.2) is 41.3 Å². The van der Waals surface area contributed by atoms with Crippen molar-refractivity contribution in [3.8, 4) is 0 Å². The number of ether oxygens (including phenoxy) is 1. The molecule has 1 aliphatic heterocycles. The van der Waals surface area contributed by atoms with Gasteiger partial charge in [-0.2, -0.15) is 0 Å². The number of nitrogens with one attached hydrogen (secondary N) is 1. The molecule has 0 aromatic carbocycles. The second-order valence-electron chi connectivity index (χ2n) is 5.82. The molecule has 1 N–H and O–H groups in total. The fourth-order valence-electron chi connectivity index (χ4n) is 2.54. The van der Waals surface area contributed by atoms with Crippen molar-refractivity contribution in [1.29, 1.82) is 0 Å². The first-order chi connectivity index (χ1) is 9.99. The molecular formula is C15H23N3O3. The number of aromatic nitrogens is 1. The molecule has 0 spiro atoms. The Bertz CT molecular complexity index is 553. The van der Waals surface area contributed by atoms with Crippen molar-refractivity contribution in [2.75, 3.05) is 25.1 Å². The lowest BCUT2D eigenvalue weighted by atomic mass is 10.0. The molecule has 1 aromatic heterocycles. The lowest BCUT2D eigenvalue weighted by molar-refractivity contribution is 0.00856. The molecule has 1 fully saturated rings. The summed E-state index contributed by atoms with van der Waals surface area (Å²) < 4.78 is 6.91. The predicted molar refractivity (Wildman–Crippen MR) is 81.5 cm³/mol. The molecule has 6 nitrogen and oxygen atoms in total. The van der Waals surface area contributed by atoms with Crippen LogP contribution in [0.4, 0.5) is 10.5 Å². The normalized spacial score (nSPS) is 18.9. The Labute approximate surface area is 124 Å². The van der Waals surface area contributed by atoms with Crippen LogP contribution in [0.15, 0.2) is 23.1 Å². The minimum absolute atomic E-state index is 0.0614. The van der Waals surface area contributed by atoms with E-state index in [1.807, 2.05) is 0 Å². The minimum Gasteiger partial charge on any atom is -0.377 e. The van der Waals surface area contributed by atoms with Crippen LogP contribution in [0.3, 0.4) is 0 Å². The Kier molecular flexibility index (Phi) is 5.01. The van der Waals surface area contributed by atoms with Gasteiger partial charge < -0.3 is 19.5 Å². The van der Waals surface area contributed by atoms with E-state index in [4.69, 9.17) is 4.74 Å². The molecule has 0 bridgehead atoms. The van der Waals surface area contributed by atoms with Crippen molar-refractivity contribution in [1.82, 2.24) is 9.47 Å². The largest absolute Gasteiger partial charge is 0.377 e. The average Bonchev–Trinajstić information content (AvgIpc) is 2.44. The topological polar surface area (TPSA) is 63.6 Å². The van der Waals surface area contributed by atoms with Crippen LogP contribution in [0.1, 0.15) is 20.3 Å². The summed E-state index contributed by atoms with van der Waals surface area (Å²) in [5.74, 6) is 0.483. The highest BCUT2D eigenvalue weighted by molar-refractivity contribution is 5.89. The zero-order valence-corrected chi connectivity index (χ0v) is 12.8. The third-order valence-electron chi connectivity index (χ3n) is 3.60. The molecule has 2 heterocycles. The quantitative estimate of drug-likeness (QED) is 0.922. The summed E-state index contributed by atoms with van der Waals surface area (Å²) in [6, 6.07) is 3.19. The first-order valence-electron chi connectivity index (χ1n) is 7.30. The number of carbonyl (C=O) groups excluding carboxylic acids is 1. The van der Waals surface area contributed by atoms with E-state index in [9.17, 15) is 9.59 Å². The maximum atomic E-state index is 12.4. The number of hydrogen-bond donors (Lipinski definition) is 1. The number of amides is 2. The number of hydrogen-bond acceptors (Lipinski definition) is 3. The molecule has 21 heavy (non-hydrogen) atoms. The molecule has 0 aliphatic carbocycles. The van der Waals surface area contributed by atoms with Gasteiger partial charge in [0.2, 0.25) is 0 Å². The van der Waals surface area contributed by atoms with Crippen molar-refractivity contribution < 1.29 is 9.53 Å². The van der Waals surface area contributed by atoms with Gasteiger partial charge in [-0.3, -0.25) is 4.79 Å². The number of rotatable bonds is 3. The van der Waals surface area contributed by atoms with E-state index >= 15 is 0 Å². The molecule has 2 rings (SSSR count). The van der Waals surface area contributed by atoms with Gasteiger partial charge in [0.1, 0.15) is 5.69 Å². The number of anilines is 1. The second-order valence-corrected chi connectivity index (χ2v) is 5.82. The molecule has 0 saturated carbocycles. The zero-order chi connectivity index (χ0) is 15.4.